The molecule has 0 spiro atoms. The second-order valence-electron chi connectivity index (χ2n) is 23.6. The van der Waals surface area contributed by atoms with Gasteiger partial charge >= 0.3 is 6.01 Å². The lowest BCUT2D eigenvalue weighted by atomic mass is 9.83. The van der Waals surface area contributed by atoms with E-state index < -0.39 is 41.2 Å². The fourth-order valence-corrected chi connectivity index (χ4v) is 14.0. The maximum absolute atomic E-state index is 17.3. The molecule has 11 rings (SSSR count). The van der Waals surface area contributed by atoms with E-state index in [0.717, 1.165) is 34.5 Å². The number of ether oxygens (including phenoxy) is 1. The first-order chi connectivity index (χ1) is 38.9. The number of hydrogen-bond acceptors (Lipinski definition) is 15. The number of thiazole rings is 1. The van der Waals surface area contributed by atoms with Crippen LogP contribution in [-0.4, -0.2) is 144 Å². The van der Waals surface area contributed by atoms with Crippen molar-refractivity contribution in [1.29, 1.82) is 5.26 Å². The molecule has 2 unspecified atom stereocenters. The van der Waals surface area contributed by atoms with E-state index >= 15 is 8.78 Å². The van der Waals surface area contributed by atoms with Gasteiger partial charge in [0.05, 0.1) is 57.2 Å². The number of carbonyl (C=O) groups is 3. The number of pyridine rings is 1. The number of β-amino-alcohol motifs (C(OH)–C–C–N with tert-alkyl or cyclic N) is 1. The minimum atomic E-state index is -0.935. The van der Waals surface area contributed by atoms with Crippen molar-refractivity contribution in [2.75, 3.05) is 44.2 Å². The Bertz CT molecular complexity index is 3490. The number of rotatable bonds is 15. The Labute approximate surface area is 473 Å². The molecule has 20 heteroatoms. The Morgan fingerprint density at radius 2 is 1.80 bits per heavy atom. The molecule has 4 N–H and O–H groups in total. The van der Waals surface area contributed by atoms with E-state index in [1.165, 1.54) is 35.4 Å². The number of phenolic OH excluding ortho intramolecular Hbond substituents is 1. The predicted octanol–water partition coefficient (Wildman–Crippen LogP) is 7.80. The summed E-state index contributed by atoms with van der Waals surface area (Å²) >= 11 is 1.57. The number of nitrogens with zero attached hydrogens (tertiary/aromatic N) is 9. The van der Waals surface area contributed by atoms with Crippen LogP contribution in [0.3, 0.4) is 0 Å². The van der Waals surface area contributed by atoms with Gasteiger partial charge < -0.3 is 40.3 Å². The number of hydrogen-bond donors (Lipinski definition) is 4. The van der Waals surface area contributed by atoms with E-state index in [9.17, 15) is 29.9 Å². The molecule has 6 aromatic rings. The number of aliphatic hydroxyl groups excluding tert-OH is 1. The number of fused-ring (bicyclic) bond motifs is 4. The van der Waals surface area contributed by atoms with Gasteiger partial charge in [0, 0.05) is 67.7 Å². The summed E-state index contributed by atoms with van der Waals surface area (Å²) in [5, 5.41) is 39.9. The molecule has 3 aromatic carbocycles. The van der Waals surface area contributed by atoms with Crippen molar-refractivity contribution < 1.29 is 38.1 Å². The van der Waals surface area contributed by atoms with Crippen molar-refractivity contribution in [1.82, 2.24) is 45.3 Å². The largest absolute Gasteiger partial charge is 0.508 e. The summed E-state index contributed by atoms with van der Waals surface area (Å²) in [6, 6.07) is 13.2. The zero-order valence-electron chi connectivity index (χ0n) is 46.2. The van der Waals surface area contributed by atoms with Crippen LogP contribution in [0, 0.1) is 53.6 Å². The summed E-state index contributed by atoms with van der Waals surface area (Å²) in [6.07, 6.45) is 11.0. The van der Waals surface area contributed by atoms with Crippen molar-refractivity contribution in [3.63, 3.8) is 0 Å². The van der Waals surface area contributed by atoms with E-state index in [4.69, 9.17) is 16.1 Å². The van der Waals surface area contributed by atoms with Gasteiger partial charge in [-0.3, -0.25) is 24.3 Å². The van der Waals surface area contributed by atoms with Crippen LogP contribution in [0.5, 0.6) is 11.8 Å². The molecule has 5 aliphatic rings. The Balaban J connectivity index is 0.795. The molecule has 5 aliphatic heterocycles. The van der Waals surface area contributed by atoms with Crippen LogP contribution >= 0.6 is 11.3 Å². The summed E-state index contributed by atoms with van der Waals surface area (Å²) in [5.74, 6) is -0.155. The number of nitrogens with one attached hydrogen (secondary N) is 2. The molecular weight excluding hydrogens is 1050 g/mol. The number of aliphatic hydroxyl groups is 1. The summed E-state index contributed by atoms with van der Waals surface area (Å²) in [5.41, 5.74) is 3.67. The molecule has 2 bridgehead atoms. The number of anilines is 1. The van der Waals surface area contributed by atoms with Gasteiger partial charge in [-0.1, -0.05) is 57.0 Å². The zero-order chi connectivity index (χ0) is 57.0. The van der Waals surface area contributed by atoms with Gasteiger partial charge in [-0.15, -0.1) is 17.8 Å². The second-order valence-corrected chi connectivity index (χ2v) is 24.4. The van der Waals surface area contributed by atoms with E-state index in [2.05, 4.69) is 47.4 Å². The average molecular weight is 1120 g/mol. The molecule has 81 heavy (non-hydrogen) atoms. The average Bonchev–Trinajstić information content (AvgIpc) is 4.39. The lowest BCUT2D eigenvalue weighted by Gasteiger charge is -2.43. The lowest BCUT2D eigenvalue weighted by molar-refractivity contribution is -0.152. The molecule has 9 atom stereocenters. The SMILES string of the molecule is C#Cc1c(F)ccc2cc(O)cc(-c3ncc4c(N5CC6CCC(C5)N6)nc(OC[C@@H]5[C@@H](C#N)CCN5CCC[C@H]5CCC(=O)N5[C@H](C(=O)N5C[C@H](O)C[C@H]5C(=O)N[C@@H](C)c5ccc(-c6scnc6C)cc5)C(C)(C)C)nc4c3F)c12. The van der Waals surface area contributed by atoms with Crippen molar-refractivity contribution in [3.05, 3.63) is 88.7 Å². The van der Waals surface area contributed by atoms with E-state index in [1.807, 2.05) is 64.4 Å². The lowest BCUT2D eigenvalue weighted by Crippen LogP contribution is -2.59. The standard InChI is InChI=1S/C61H67F2N11O6S/c1-7-44-47(62)18-14-37-23-42(75)24-45(51(37)44)53-52(63)54-46(27-65-53)57(72-28-39-15-16-40(29-72)68-39)70-60(69-54)80-31-49-38(26-64)20-22-71(49)21-8-9-41-17-19-50(77)74(41)56(61(4,5)6)59(79)73-30-43(76)25-48(73)58(78)67-33(2)35-10-12-36(13-11-35)55-34(3)66-32-81-55/h1,10-14,18,23-24,27,32-33,38-41,43,48-49,56,68,75-76H,8-9,15-17,19-22,25,28-31H2,2-6H3,(H,67,78)/t33-,38+,39?,40?,41-,43+,48-,49+,56+/m0/s1. The number of aromatic hydroxyl groups is 1. The summed E-state index contributed by atoms with van der Waals surface area (Å²) < 4.78 is 39.0. The van der Waals surface area contributed by atoms with Crippen LogP contribution < -0.4 is 20.3 Å². The summed E-state index contributed by atoms with van der Waals surface area (Å²) in [6.45, 7) is 12.0. The van der Waals surface area contributed by atoms with Crippen molar-refractivity contribution in [3.8, 4) is 51.9 Å². The van der Waals surface area contributed by atoms with Gasteiger partial charge in [0.2, 0.25) is 17.7 Å². The van der Waals surface area contributed by atoms with E-state index in [0.29, 0.717) is 68.5 Å². The van der Waals surface area contributed by atoms with Crippen LogP contribution in [0.4, 0.5) is 14.6 Å². The third-order valence-electron chi connectivity index (χ3n) is 17.2. The van der Waals surface area contributed by atoms with Gasteiger partial charge in [-0.05, 0) is 106 Å². The van der Waals surface area contributed by atoms with Gasteiger partial charge in [0.15, 0.2) is 5.82 Å². The summed E-state index contributed by atoms with van der Waals surface area (Å²) in [4.78, 5) is 70.1. The first-order valence-corrected chi connectivity index (χ1v) is 28.9. The number of nitriles is 1. The molecule has 3 aromatic heterocycles. The number of halogens is 2. The molecule has 0 aliphatic carbocycles. The molecule has 5 fully saturated rings. The molecular formula is C61H67F2N11O6S. The highest BCUT2D eigenvalue weighted by molar-refractivity contribution is 7.13. The van der Waals surface area contributed by atoms with Crippen molar-refractivity contribution in [2.24, 2.45) is 11.3 Å². The molecule has 0 radical (unpaired) electrons. The number of carbonyl (C=O) groups excluding carboxylic acids is 3. The van der Waals surface area contributed by atoms with Crippen molar-refractivity contribution in [2.45, 2.75) is 134 Å². The van der Waals surface area contributed by atoms with E-state index in [-0.39, 0.29) is 113 Å². The Hall–Kier alpha value is -7.36. The highest BCUT2D eigenvalue weighted by Crippen LogP contribution is 2.41. The molecule has 5 saturated heterocycles. The van der Waals surface area contributed by atoms with Gasteiger partial charge in [0.25, 0.3) is 0 Å². The fraction of sp³-hybridized carbons (Fsp3) is 0.475. The van der Waals surface area contributed by atoms with E-state index in [1.54, 1.807) is 16.2 Å². The summed E-state index contributed by atoms with van der Waals surface area (Å²) in [7, 11) is 0. The predicted molar refractivity (Wildman–Crippen MR) is 304 cm³/mol. The Kier molecular flexibility index (Phi) is 15.4. The van der Waals surface area contributed by atoms with Crippen LogP contribution in [-0.2, 0) is 14.4 Å². The molecule has 8 heterocycles. The number of phenols is 1. The Morgan fingerprint density at radius 1 is 1.04 bits per heavy atom. The van der Waals surface area contributed by atoms with Crippen LogP contribution in [0.1, 0.15) is 102 Å². The Morgan fingerprint density at radius 3 is 2.51 bits per heavy atom. The zero-order valence-corrected chi connectivity index (χ0v) is 47.0. The highest BCUT2D eigenvalue weighted by atomic mass is 32.1. The monoisotopic (exact) mass is 1120 g/mol. The molecule has 422 valence electrons. The number of terminal acetylenes is 1. The quantitative estimate of drug-likeness (QED) is 0.0723. The minimum Gasteiger partial charge on any atom is -0.508 e. The minimum absolute atomic E-state index is 0.0148. The maximum atomic E-state index is 17.3. The van der Waals surface area contributed by atoms with Crippen molar-refractivity contribution >= 4 is 56.6 Å². The number of aromatic nitrogens is 4. The number of piperazine rings is 1. The molecule has 3 amide bonds. The number of likely N-dealkylation sites (tertiary alicyclic amines) is 3. The van der Waals surface area contributed by atoms with Crippen LogP contribution in [0.15, 0.2) is 60.2 Å². The first kappa shape index (κ1) is 55.5. The van der Waals surface area contributed by atoms with Gasteiger partial charge in [-0.2, -0.15) is 15.2 Å². The smallest absolute Gasteiger partial charge is 0.319 e. The highest BCUT2D eigenvalue weighted by Gasteiger charge is 2.50. The fourth-order valence-electron chi connectivity index (χ4n) is 13.2. The van der Waals surface area contributed by atoms with Crippen LogP contribution in [0.2, 0.25) is 0 Å². The maximum Gasteiger partial charge on any atom is 0.319 e. The third kappa shape index (κ3) is 10.9. The van der Waals surface area contributed by atoms with Gasteiger partial charge in [0.1, 0.15) is 47.3 Å². The number of aryl methyl sites for hydroxylation is 1. The normalized spacial score (nSPS) is 23.8. The third-order valence-corrected chi connectivity index (χ3v) is 18.1. The first-order valence-electron chi connectivity index (χ1n) is 28.0. The van der Waals surface area contributed by atoms with Gasteiger partial charge in [-0.25, -0.2) is 13.8 Å². The van der Waals surface area contributed by atoms with Crippen LogP contribution in [0.25, 0.3) is 43.4 Å². The second kappa shape index (κ2) is 22.5. The molecule has 17 nitrogen and oxygen atoms in total. The number of amides is 3. The topological polar surface area (TPSA) is 213 Å². The number of benzene rings is 3. The molecule has 0 saturated carbocycles.